The SMILES string of the molecule is Cl.NC[C@H]1CCC[C@H]1C(=O)NCc1cccc(Br)c1. The summed E-state index contributed by atoms with van der Waals surface area (Å²) in [5.74, 6) is 0.637. The molecule has 1 aromatic rings. The van der Waals surface area contributed by atoms with Crippen LogP contribution in [-0.2, 0) is 11.3 Å². The number of hydrogen-bond acceptors (Lipinski definition) is 2. The molecule has 5 heteroatoms. The molecule has 1 aliphatic carbocycles. The second-order valence-electron chi connectivity index (χ2n) is 4.88. The second kappa shape index (κ2) is 7.88. The monoisotopic (exact) mass is 346 g/mol. The predicted molar refractivity (Wildman–Crippen MR) is 83.1 cm³/mol. The van der Waals surface area contributed by atoms with E-state index in [9.17, 15) is 4.79 Å². The van der Waals surface area contributed by atoms with Crippen LogP contribution in [0.25, 0.3) is 0 Å². The fourth-order valence-electron chi connectivity index (χ4n) is 2.63. The van der Waals surface area contributed by atoms with Gasteiger partial charge in [-0.3, -0.25) is 4.79 Å². The molecular formula is C14H20BrClN2O. The third kappa shape index (κ3) is 4.48. The van der Waals surface area contributed by atoms with Crippen molar-refractivity contribution >= 4 is 34.2 Å². The summed E-state index contributed by atoms with van der Waals surface area (Å²) in [5, 5.41) is 3.02. The van der Waals surface area contributed by atoms with Gasteiger partial charge in [-0.2, -0.15) is 0 Å². The third-order valence-corrected chi connectivity index (χ3v) is 4.15. The number of carbonyl (C=O) groups excluding carboxylic acids is 1. The van der Waals surface area contributed by atoms with Crippen LogP contribution >= 0.6 is 28.3 Å². The normalized spacial score (nSPS) is 21.8. The molecule has 0 heterocycles. The maximum atomic E-state index is 12.1. The molecule has 106 valence electrons. The molecule has 19 heavy (non-hydrogen) atoms. The Bertz CT molecular complexity index is 428. The zero-order chi connectivity index (χ0) is 13.0. The second-order valence-corrected chi connectivity index (χ2v) is 5.80. The quantitative estimate of drug-likeness (QED) is 0.880. The average Bonchev–Trinajstić information content (AvgIpc) is 2.84. The maximum absolute atomic E-state index is 12.1. The van der Waals surface area contributed by atoms with Crippen molar-refractivity contribution in [2.24, 2.45) is 17.6 Å². The number of rotatable bonds is 4. The molecule has 0 radical (unpaired) electrons. The Balaban J connectivity index is 0.00000180. The highest BCUT2D eigenvalue weighted by molar-refractivity contribution is 9.10. The third-order valence-electron chi connectivity index (χ3n) is 3.65. The van der Waals surface area contributed by atoms with Crippen LogP contribution < -0.4 is 11.1 Å². The van der Waals surface area contributed by atoms with Crippen molar-refractivity contribution in [3.8, 4) is 0 Å². The molecule has 0 bridgehead atoms. The van der Waals surface area contributed by atoms with Crippen molar-refractivity contribution in [3.05, 3.63) is 34.3 Å². The van der Waals surface area contributed by atoms with Crippen LogP contribution in [0.2, 0.25) is 0 Å². The summed E-state index contributed by atoms with van der Waals surface area (Å²) in [6, 6.07) is 7.99. The van der Waals surface area contributed by atoms with Gasteiger partial charge in [-0.05, 0) is 43.0 Å². The number of nitrogens with one attached hydrogen (secondary N) is 1. The van der Waals surface area contributed by atoms with Crippen molar-refractivity contribution in [1.82, 2.24) is 5.32 Å². The lowest BCUT2D eigenvalue weighted by Crippen LogP contribution is -2.34. The Labute approximate surface area is 128 Å². The molecule has 1 fully saturated rings. The van der Waals surface area contributed by atoms with Gasteiger partial charge in [-0.15, -0.1) is 12.4 Å². The van der Waals surface area contributed by atoms with Gasteiger partial charge in [0.2, 0.25) is 5.91 Å². The molecule has 3 N–H and O–H groups in total. The molecule has 0 aliphatic heterocycles. The van der Waals surface area contributed by atoms with Crippen molar-refractivity contribution in [1.29, 1.82) is 0 Å². The van der Waals surface area contributed by atoms with E-state index >= 15 is 0 Å². The van der Waals surface area contributed by atoms with E-state index in [1.807, 2.05) is 24.3 Å². The first-order valence-electron chi connectivity index (χ1n) is 6.43. The fraction of sp³-hybridized carbons (Fsp3) is 0.500. The number of carbonyl (C=O) groups is 1. The summed E-state index contributed by atoms with van der Waals surface area (Å²) < 4.78 is 1.04. The van der Waals surface area contributed by atoms with E-state index < -0.39 is 0 Å². The number of amides is 1. The lowest BCUT2D eigenvalue weighted by molar-refractivity contribution is -0.126. The minimum Gasteiger partial charge on any atom is -0.352 e. The number of benzene rings is 1. The highest BCUT2D eigenvalue weighted by Gasteiger charge is 2.31. The Morgan fingerprint density at radius 2 is 2.21 bits per heavy atom. The van der Waals surface area contributed by atoms with Gasteiger partial charge in [0.25, 0.3) is 0 Å². The van der Waals surface area contributed by atoms with Gasteiger partial charge < -0.3 is 11.1 Å². The van der Waals surface area contributed by atoms with Gasteiger partial charge in [-0.25, -0.2) is 0 Å². The van der Waals surface area contributed by atoms with Gasteiger partial charge in [0, 0.05) is 16.9 Å². The molecule has 1 aromatic carbocycles. The summed E-state index contributed by atoms with van der Waals surface area (Å²) in [5.41, 5.74) is 6.81. The van der Waals surface area contributed by atoms with Gasteiger partial charge in [-0.1, -0.05) is 34.5 Å². The van der Waals surface area contributed by atoms with Crippen molar-refractivity contribution < 1.29 is 4.79 Å². The van der Waals surface area contributed by atoms with Crippen LogP contribution in [0.4, 0.5) is 0 Å². The van der Waals surface area contributed by atoms with Crippen LogP contribution in [0.5, 0.6) is 0 Å². The molecule has 1 aliphatic rings. The molecule has 0 spiro atoms. The van der Waals surface area contributed by atoms with Crippen LogP contribution in [0.1, 0.15) is 24.8 Å². The lowest BCUT2D eigenvalue weighted by Gasteiger charge is -2.17. The molecule has 1 amide bonds. The first-order valence-corrected chi connectivity index (χ1v) is 7.22. The van der Waals surface area contributed by atoms with Gasteiger partial charge in [0.1, 0.15) is 0 Å². The van der Waals surface area contributed by atoms with Crippen LogP contribution in [-0.4, -0.2) is 12.5 Å². The molecule has 2 rings (SSSR count). The zero-order valence-electron chi connectivity index (χ0n) is 10.8. The van der Waals surface area contributed by atoms with Crippen LogP contribution in [0.15, 0.2) is 28.7 Å². The number of halogens is 2. The molecule has 3 nitrogen and oxygen atoms in total. The lowest BCUT2D eigenvalue weighted by atomic mass is 9.95. The van der Waals surface area contributed by atoms with Crippen molar-refractivity contribution in [2.75, 3.05) is 6.54 Å². The summed E-state index contributed by atoms with van der Waals surface area (Å²) in [7, 11) is 0. The Morgan fingerprint density at radius 1 is 1.42 bits per heavy atom. The first-order chi connectivity index (χ1) is 8.70. The molecule has 0 unspecified atom stereocenters. The highest BCUT2D eigenvalue weighted by atomic mass is 79.9. The predicted octanol–water partition coefficient (Wildman–Crippen LogP) is 2.86. The molecule has 0 saturated heterocycles. The van der Waals surface area contributed by atoms with E-state index in [1.54, 1.807) is 0 Å². The molecule has 2 atom stereocenters. The highest BCUT2D eigenvalue weighted by Crippen LogP contribution is 2.30. The Kier molecular flexibility index (Phi) is 6.83. The van der Waals surface area contributed by atoms with E-state index in [1.165, 1.54) is 0 Å². The van der Waals surface area contributed by atoms with Gasteiger partial charge in [0.05, 0.1) is 0 Å². The topological polar surface area (TPSA) is 55.1 Å². The Hall–Kier alpha value is -0.580. The summed E-state index contributed by atoms with van der Waals surface area (Å²) in [4.78, 5) is 12.1. The summed E-state index contributed by atoms with van der Waals surface area (Å²) in [6.07, 6.45) is 3.19. The standard InChI is InChI=1S/C14H19BrN2O.ClH/c15-12-5-1-3-10(7-12)9-17-14(18)13-6-2-4-11(13)8-16;/h1,3,5,7,11,13H,2,4,6,8-9,16H2,(H,17,18);1H/t11-,13-;/m1./s1. The van der Waals surface area contributed by atoms with E-state index in [0.717, 1.165) is 29.3 Å². The van der Waals surface area contributed by atoms with E-state index in [0.29, 0.717) is 19.0 Å². The van der Waals surface area contributed by atoms with Crippen LogP contribution in [0, 0.1) is 11.8 Å². The maximum Gasteiger partial charge on any atom is 0.223 e. The summed E-state index contributed by atoms with van der Waals surface area (Å²) >= 11 is 3.43. The van der Waals surface area contributed by atoms with Crippen molar-refractivity contribution in [3.63, 3.8) is 0 Å². The molecule has 0 aromatic heterocycles. The number of nitrogens with two attached hydrogens (primary N) is 1. The van der Waals surface area contributed by atoms with Gasteiger partial charge in [0.15, 0.2) is 0 Å². The minimum absolute atomic E-state index is 0. The van der Waals surface area contributed by atoms with Gasteiger partial charge >= 0.3 is 0 Å². The summed E-state index contributed by atoms with van der Waals surface area (Å²) in [6.45, 7) is 1.21. The van der Waals surface area contributed by atoms with E-state index in [-0.39, 0.29) is 24.2 Å². The van der Waals surface area contributed by atoms with E-state index in [2.05, 4.69) is 21.2 Å². The minimum atomic E-state index is 0. The van der Waals surface area contributed by atoms with Crippen LogP contribution in [0.3, 0.4) is 0 Å². The fourth-order valence-corrected chi connectivity index (χ4v) is 3.08. The largest absolute Gasteiger partial charge is 0.352 e. The van der Waals surface area contributed by atoms with Crippen molar-refractivity contribution in [2.45, 2.75) is 25.8 Å². The zero-order valence-corrected chi connectivity index (χ0v) is 13.2. The smallest absolute Gasteiger partial charge is 0.223 e. The Morgan fingerprint density at radius 3 is 2.89 bits per heavy atom. The number of hydrogen-bond donors (Lipinski definition) is 2. The van der Waals surface area contributed by atoms with E-state index in [4.69, 9.17) is 5.73 Å². The average molecular weight is 348 g/mol. The molecule has 1 saturated carbocycles. The first kappa shape index (κ1) is 16.5. The molecular weight excluding hydrogens is 328 g/mol.